The van der Waals surface area contributed by atoms with Gasteiger partial charge in [0, 0.05) is 6.42 Å². The number of nitrogens with one attached hydrogen (secondary N) is 2. The first-order valence-corrected chi connectivity index (χ1v) is 7.80. The smallest absolute Gasteiger partial charge is 0.340 e. The molecule has 1 aliphatic rings. The number of anilines is 1. The van der Waals surface area contributed by atoms with Gasteiger partial charge in [-0.1, -0.05) is 12.1 Å². The van der Waals surface area contributed by atoms with Crippen molar-refractivity contribution >= 4 is 30.0 Å². The fraction of sp³-hybridized carbons (Fsp3) is 0.529. The number of carbonyl (C=O) groups is 2. The van der Waals surface area contributed by atoms with Crippen LogP contribution in [0.25, 0.3) is 0 Å². The van der Waals surface area contributed by atoms with Crippen molar-refractivity contribution in [3.63, 3.8) is 0 Å². The summed E-state index contributed by atoms with van der Waals surface area (Å²) in [6.07, 6.45) is 3.64. The van der Waals surface area contributed by atoms with Crippen molar-refractivity contribution in [1.29, 1.82) is 0 Å². The van der Waals surface area contributed by atoms with Gasteiger partial charge in [0.2, 0.25) is 5.91 Å². The molecule has 0 unspecified atom stereocenters. The average molecular weight is 341 g/mol. The third kappa shape index (κ3) is 5.52. The second-order valence-electron chi connectivity index (χ2n) is 5.77. The number of piperidine rings is 1. The van der Waals surface area contributed by atoms with E-state index in [4.69, 9.17) is 4.74 Å². The summed E-state index contributed by atoms with van der Waals surface area (Å²) in [7, 11) is 1.34. The predicted molar refractivity (Wildman–Crippen MR) is 93.2 cm³/mol. The first-order chi connectivity index (χ1) is 10.6. The molecule has 1 aromatic carbocycles. The number of aryl methyl sites for hydroxylation is 1. The number of esters is 1. The molecule has 2 N–H and O–H groups in total. The van der Waals surface area contributed by atoms with Crippen LogP contribution in [-0.4, -0.2) is 32.1 Å². The van der Waals surface area contributed by atoms with Crippen LogP contribution < -0.4 is 10.6 Å². The van der Waals surface area contributed by atoms with Gasteiger partial charge in [0.1, 0.15) is 0 Å². The summed E-state index contributed by atoms with van der Waals surface area (Å²) >= 11 is 0. The van der Waals surface area contributed by atoms with Gasteiger partial charge < -0.3 is 15.4 Å². The maximum Gasteiger partial charge on any atom is 0.340 e. The average Bonchev–Trinajstić information content (AvgIpc) is 2.53. The summed E-state index contributed by atoms with van der Waals surface area (Å²) in [5, 5.41) is 6.17. The van der Waals surface area contributed by atoms with Crippen LogP contribution in [0.5, 0.6) is 0 Å². The third-order valence-corrected chi connectivity index (χ3v) is 4.17. The SMILES string of the molecule is COC(=O)c1c(C)cccc1NC(=O)CCC1CCNCC1.Cl. The Hall–Kier alpha value is -1.59. The molecule has 1 fully saturated rings. The minimum Gasteiger partial charge on any atom is -0.465 e. The van der Waals surface area contributed by atoms with E-state index in [1.807, 2.05) is 19.1 Å². The monoisotopic (exact) mass is 340 g/mol. The van der Waals surface area contributed by atoms with Gasteiger partial charge >= 0.3 is 5.97 Å². The second-order valence-corrected chi connectivity index (χ2v) is 5.77. The Bertz CT molecular complexity index is 543. The lowest BCUT2D eigenvalue weighted by atomic mass is 9.93. The highest BCUT2D eigenvalue weighted by molar-refractivity contribution is 6.02. The molecule has 0 saturated carbocycles. The Morgan fingerprint density at radius 2 is 2.00 bits per heavy atom. The van der Waals surface area contributed by atoms with E-state index in [1.54, 1.807) is 6.07 Å². The van der Waals surface area contributed by atoms with Crippen LogP contribution in [0.2, 0.25) is 0 Å². The maximum absolute atomic E-state index is 12.2. The van der Waals surface area contributed by atoms with E-state index in [2.05, 4.69) is 10.6 Å². The Morgan fingerprint density at radius 3 is 2.65 bits per heavy atom. The third-order valence-electron chi connectivity index (χ3n) is 4.17. The number of hydrogen-bond donors (Lipinski definition) is 2. The first-order valence-electron chi connectivity index (χ1n) is 7.80. The molecule has 1 saturated heterocycles. The molecule has 5 nitrogen and oxygen atoms in total. The molecule has 0 radical (unpaired) electrons. The van der Waals surface area contributed by atoms with Crippen molar-refractivity contribution in [3.05, 3.63) is 29.3 Å². The van der Waals surface area contributed by atoms with Gasteiger partial charge in [-0.3, -0.25) is 4.79 Å². The quantitative estimate of drug-likeness (QED) is 0.809. The molecular weight excluding hydrogens is 316 g/mol. The predicted octanol–water partition coefficient (Wildman–Crippen LogP) is 2.92. The highest BCUT2D eigenvalue weighted by Crippen LogP contribution is 2.22. The lowest BCUT2D eigenvalue weighted by molar-refractivity contribution is -0.116. The largest absolute Gasteiger partial charge is 0.465 e. The van der Waals surface area contributed by atoms with E-state index in [0.29, 0.717) is 23.6 Å². The molecule has 0 aliphatic carbocycles. The molecule has 1 aromatic rings. The highest BCUT2D eigenvalue weighted by Gasteiger charge is 2.18. The Kier molecular flexibility index (Phi) is 8.06. The van der Waals surface area contributed by atoms with E-state index >= 15 is 0 Å². The maximum atomic E-state index is 12.2. The van der Waals surface area contributed by atoms with Crippen LogP contribution in [0.3, 0.4) is 0 Å². The molecule has 1 amide bonds. The van der Waals surface area contributed by atoms with Crippen molar-refractivity contribution in [1.82, 2.24) is 5.32 Å². The molecule has 1 aliphatic heterocycles. The molecule has 0 bridgehead atoms. The fourth-order valence-corrected chi connectivity index (χ4v) is 2.86. The Morgan fingerprint density at radius 1 is 1.30 bits per heavy atom. The normalized spacial score (nSPS) is 14.7. The Balaban J connectivity index is 0.00000264. The number of ether oxygens (including phenoxy) is 1. The topological polar surface area (TPSA) is 67.4 Å². The highest BCUT2D eigenvalue weighted by atomic mass is 35.5. The molecule has 0 aromatic heterocycles. The summed E-state index contributed by atoms with van der Waals surface area (Å²) in [4.78, 5) is 24.0. The molecule has 128 valence electrons. The van der Waals surface area contributed by atoms with Gasteiger partial charge in [-0.2, -0.15) is 0 Å². The van der Waals surface area contributed by atoms with E-state index < -0.39 is 5.97 Å². The zero-order valence-corrected chi connectivity index (χ0v) is 14.5. The summed E-state index contributed by atoms with van der Waals surface area (Å²) in [5.41, 5.74) is 1.75. The zero-order chi connectivity index (χ0) is 15.9. The number of carbonyl (C=O) groups excluding carboxylic acids is 2. The van der Waals surface area contributed by atoms with E-state index in [-0.39, 0.29) is 18.3 Å². The van der Waals surface area contributed by atoms with Crippen LogP contribution in [0.15, 0.2) is 18.2 Å². The number of hydrogen-bond acceptors (Lipinski definition) is 4. The van der Waals surface area contributed by atoms with Crippen molar-refractivity contribution in [2.45, 2.75) is 32.6 Å². The van der Waals surface area contributed by atoms with Gasteiger partial charge in [-0.15, -0.1) is 12.4 Å². The minimum atomic E-state index is -0.424. The summed E-state index contributed by atoms with van der Waals surface area (Å²) in [5.74, 6) is 0.144. The van der Waals surface area contributed by atoms with Crippen LogP contribution in [-0.2, 0) is 9.53 Å². The van der Waals surface area contributed by atoms with Crippen molar-refractivity contribution in [2.24, 2.45) is 5.92 Å². The van der Waals surface area contributed by atoms with Gasteiger partial charge in [0.15, 0.2) is 0 Å². The molecule has 0 atom stereocenters. The van der Waals surface area contributed by atoms with Gasteiger partial charge in [0.05, 0.1) is 18.4 Å². The first kappa shape index (κ1) is 19.5. The van der Waals surface area contributed by atoms with Crippen molar-refractivity contribution < 1.29 is 14.3 Å². The van der Waals surface area contributed by atoms with Crippen LogP contribution in [0, 0.1) is 12.8 Å². The number of methoxy groups -OCH3 is 1. The molecule has 0 spiro atoms. The molecule has 2 rings (SSSR count). The van der Waals surface area contributed by atoms with Gasteiger partial charge in [0.25, 0.3) is 0 Å². The Labute approximate surface area is 143 Å². The number of rotatable bonds is 5. The number of halogens is 1. The van der Waals surface area contributed by atoms with Crippen molar-refractivity contribution in [3.8, 4) is 0 Å². The van der Waals surface area contributed by atoms with Crippen LogP contribution in [0.1, 0.15) is 41.6 Å². The van der Waals surface area contributed by atoms with Gasteiger partial charge in [-0.05, 0) is 56.8 Å². The minimum absolute atomic E-state index is 0. The van der Waals surface area contributed by atoms with Crippen LogP contribution in [0.4, 0.5) is 5.69 Å². The lowest BCUT2D eigenvalue weighted by Gasteiger charge is -2.22. The molecule has 23 heavy (non-hydrogen) atoms. The lowest BCUT2D eigenvalue weighted by Crippen LogP contribution is -2.28. The van der Waals surface area contributed by atoms with E-state index in [1.165, 1.54) is 7.11 Å². The zero-order valence-electron chi connectivity index (χ0n) is 13.7. The summed E-state index contributed by atoms with van der Waals surface area (Å²) < 4.78 is 4.80. The standard InChI is InChI=1S/C17H24N2O3.ClH/c1-12-4-3-5-14(16(12)17(21)22-2)19-15(20)7-6-13-8-10-18-11-9-13;/h3-5,13,18H,6-11H2,1-2H3,(H,19,20);1H. The molecule has 6 heteroatoms. The van der Waals surface area contributed by atoms with E-state index in [0.717, 1.165) is 37.9 Å². The van der Waals surface area contributed by atoms with Crippen LogP contribution >= 0.6 is 12.4 Å². The van der Waals surface area contributed by atoms with Gasteiger partial charge in [-0.25, -0.2) is 4.79 Å². The summed E-state index contributed by atoms with van der Waals surface area (Å²) in [6, 6.07) is 5.39. The second kappa shape index (κ2) is 9.53. The molecular formula is C17H25ClN2O3. The fourth-order valence-electron chi connectivity index (χ4n) is 2.86. The van der Waals surface area contributed by atoms with E-state index in [9.17, 15) is 9.59 Å². The number of benzene rings is 1. The number of amides is 1. The molecule has 1 heterocycles. The summed E-state index contributed by atoms with van der Waals surface area (Å²) in [6.45, 7) is 3.91. The van der Waals surface area contributed by atoms with Crippen molar-refractivity contribution in [2.75, 3.05) is 25.5 Å².